The third kappa shape index (κ3) is 3.68. The zero-order chi connectivity index (χ0) is 13.8. The van der Waals surface area contributed by atoms with Crippen LogP contribution in [0.15, 0.2) is 26.7 Å². The van der Waals surface area contributed by atoms with Gasteiger partial charge in [-0.05, 0) is 51.4 Å². The Labute approximate surface area is 134 Å². The van der Waals surface area contributed by atoms with Crippen LogP contribution in [0.25, 0.3) is 0 Å². The Morgan fingerprint density at radius 1 is 1.42 bits per heavy atom. The molecule has 2 heterocycles. The van der Waals surface area contributed by atoms with Crippen molar-refractivity contribution in [2.45, 2.75) is 32.9 Å². The summed E-state index contributed by atoms with van der Waals surface area (Å²) in [6, 6.07) is 2.49. The Balaban J connectivity index is 2.21. The van der Waals surface area contributed by atoms with Crippen molar-refractivity contribution >= 4 is 43.2 Å². The molecule has 2 aromatic rings. The van der Waals surface area contributed by atoms with Crippen molar-refractivity contribution in [3.8, 4) is 0 Å². The summed E-state index contributed by atoms with van der Waals surface area (Å²) in [5.74, 6) is 1.13. The van der Waals surface area contributed by atoms with Gasteiger partial charge < -0.3 is 9.88 Å². The van der Waals surface area contributed by atoms with Crippen LogP contribution in [0, 0.1) is 0 Å². The number of likely N-dealkylation sites (N-methyl/N-ethyl adjacent to an activating group) is 1. The Bertz CT molecular complexity index is 516. The van der Waals surface area contributed by atoms with Crippen LogP contribution in [-0.4, -0.2) is 16.1 Å². The molecule has 3 nitrogen and oxygen atoms in total. The molecule has 0 saturated carbocycles. The lowest BCUT2D eigenvalue weighted by Crippen LogP contribution is -2.23. The molecule has 1 atom stereocenters. The van der Waals surface area contributed by atoms with E-state index in [-0.39, 0.29) is 0 Å². The van der Waals surface area contributed by atoms with E-state index in [9.17, 15) is 0 Å². The average molecular weight is 407 g/mol. The number of aryl methyl sites for hydroxylation is 1. The van der Waals surface area contributed by atoms with Crippen molar-refractivity contribution in [1.82, 2.24) is 14.9 Å². The van der Waals surface area contributed by atoms with Crippen molar-refractivity contribution in [3.63, 3.8) is 0 Å². The molecule has 2 rings (SSSR count). The number of hydrogen-bond acceptors (Lipinski definition) is 3. The van der Waals surface area contributed by atoms with Gasteiger partial charge in [0.05, 0.1) is 3.79 Å². The van der Waals surface area contributed by atoms with Gasteiger partial charge in [0.15, 0.2) is 0 Å². The average Bonchev–Trinajstić information content (AvgIpc) is 2.96. The SMILES string of the molecule is CCNC(Cc1nccn1CC)c1cc(Br)c(Br)s1. The van der Waals surface area contributed by atoms with Gasteiger partial charge in [-0.25, -0.2) is 4.98 Å². The van der Waals surface area contributed by atoms with Crippen LogP contribution in [0.2, 0.25) is 0 Å². The highest BCUT2D eigenvalue weighted by atomic mass is 79.9. The highest BCUT2D eigenvalue weighted by Crippen LogP contribution is 2.36. The van der Waals surface area contributed by atoms with Gasteiger partial charge >= 0.3 is 0 Å². The smallest absolute Gasteiger partial charge is 0.110 e. The summed E-state index contributed by atoms with van der Waals surface area (Å²) in [7, 11) is 0. The quantitative estimate of drug-likeness (QED) is 0.771. The van der Waals surface area contributed by atoms with Crippen LogP contribution in [-0.2, 0) is 13.0 Å². The van der Waals surface area contributed by atoms with Crippen molar-refractivity contribution < 1.29 is 0 Å². The van der Waals surface area contributed by atoms with Gasteiger partial charge in [0.1, 0.15) is 5.82 Å². The summed E-state index contributed by atoms with van der Waals surface area (Å²) in [6.45, 7) is 6.19. The summed E-state index contributed by atoms with van der Waals surface area (Å²) in [6.07, 6.45) is 4.83. The van der Waals surface area contributed by atoms with Gasteiger partial charge in [-0.1, -0.05) is 6.92 Å². The topological polar surface area (TPSA) is 29.9 Å². The fraction of sp³-hybridized carbons (Fsp3) is 0.462. The molecule has 0 fully saturated rings. The predicted molar refractivity (Wildman–Crippen MR) is 87.7 cm³/mol. The van der Waals surface area contributed by atoms with Crippen molar-refractivity contribution in [2.24, 2.45) is 0 Å². The van der Waals surface area contributed by atoms with Crippen LogP contribution < -0.4 is 5.32 Å². The molecule has 0 radical (unpaired) electrons. The van der Waals surface area contributed by atoms with Crippen LogP contribution in [0.5, 0.6) is 0 Å². The van der Waals surface area contributed by atoms with E-state index in [4.69, 9.17) is 0 Å². The molecular weight excluding hydrogens is 390 g/mol. The molecule has 1 N–H and O–H groups in total. The monoisotopic (exact) mass is 405 g/mol. The molecule has 0 aromatic carbocycles. The Morgan fingerprint density at radius 2 is 2.21 bits per heavy atom. The zero-order valence-corrected chi connectivity index (χ0v) is 15.0. The first-order chi connectivity index (χ1) is 9.15. The first-order valence-corrected chi connectivity index (χ1v) is 8.74. The Morgan fingerprint density at radius 3 is 2.79 bits per heavy atom. The van der Waals surface area contributed by atoms with E-state index in [2.05, 4.69) is 66.6 Å². The van der Waals surface area contributed by atoms with Gasteiger partial charge in [-0.2, -0.15) is 0 Å². The van der Waals surface area contributed by atoms with Gasteiger partial charge in [-0.3, -0.25) is 0 Å². The molecule has 19 heavy (non-hydrogen) atoms. The molecule has 2 aromatic heterocycles. The summed E-state index contributed by atoms with van der Waals surface area (Å²) < 4.78 is 4.46. The number of hydrogen-bond donors (Lipinski definition) is 1. The van der Waals surface area contributed by atoms with Gasteiger partial charge in [0.25, 0.3) is 0 Å². The minimum atomic E-state index is 0.310. The lowest BCUT2D eigenvalue weighted by molar-refractivity contribution is 0.529. The van der Waals surface area contributed by atoms with E-state index < -0.39 is 0 Å². The van der Waals surface area contributed by atoms with Crippen LogP contribution >= 0.6 is 43.2 Å². The normalized spacial score (nSPS) is 12.8. The maximum absolute atomic E-state index is 4.47. The molecule has 0 spiro atoms. The maximum Gasteiger partial charge on any atom is 0.110 e. The number of halogens is 2. The first kappa shape index (κ1) is 15.2. The van der Waals surface area contributed by atoms with E-state index in [1.165, 1.54) is 4.88 Å². The molecule has 0 aliphatic rings. The second kappa shape index (κ2) is 7.02. The van der Waals surface area contributed by atoms with Gasteiger partial charge in [0.2, 0.25) is 0 Å². The number of nitrogens with one attached hydrogen (secondary N) is 1. The molecule has 0 aliphatic carbocycles. The summed E-state index contributed by atoms with van der Waals surface area (Å²) in [5.41, 5.74) is 0. The summed E-state index contributed by atoms with van der Waals surface area (Å²) in [4.78, 5) is 5.79. The van der Waals surface area contributed by atoms with Crippen molar-refractivity contribution in [3.05, 3.63) is 37.4 Å². The van der Waals surface area contributed by atoms with Crippen LogP contribution in [0.3, 0.4) is 0 Å². The molecule has 0 amide bonds. The maximum atomic E-state index is 4.47. The minimum absolute atomic E-state index is 0.310. The lowest BCUT2D eigenvalue weighted by atomic mass is 10.1. The standard InChI is InChI=1S/C13H17Br2N3S/c1-3-16-10(11-7-9(14)13(15)19-11)8-12-17-5-6-18(12)4-2/h5-7,10,16H,3-4,8H2,1-2H3. The molecule has 0 saturated heterocycles. The lowest BCUT2D eigenvalue weighted by Gasteiger charge is -2.16. The zero-order valence-electron chi connectivity index (χ0n) is 11.0. The molecule has 1 unspecified atom stereocenters. The van der Waals surface area contributed by atoms with Crippen LogP contribution in [0.4, 0.5) is 0 Å². The van der Waals surface area contributed by atoms with Crippen LogP contribution in [0.1, 0.15) is 30.6 Å². The van der Waals surface area contributed by atoms with E-state index in [0.717, 1.165) is 33.6 Å². The largest absolute Gasteiger partial charge is 0.335 e. The second-order valence-electron chi connectivity index (χ2n) is 4.21. The number of nitrogens with zero attached hydrogens (tertiary/aromatic N) is 2. The highest BCUT2D eigenvalue weighted by Gasteiger charge is 2.17. The molecule has 0 aliphatic heterocycles. The second-order valence-corrected chi connectivity index (χ2v) is 7.47. The molecular formula is C13H17Br2N3S. The molecule has 104 valence electrons. The fourth-order valence-electron chi connectivity index (χ4n) is 2.06. The van der Waals surface area contributed by atoms with Gasteiger partial charge in [-0.15, -0.1) is 11.3 Å². The number of rotatable bonds is 6. The first-order valence-electron chi connectivity index (χ1n) is 6.33. The van der Waals surface area contributed by atoms with E-state index in [1.54, 1.807) is 11.3 Å². The minimum Gasteiger partial charge on any atom is -0.335 e. The molecule has 6 heteroatoms. The van der Waals surface area contributed by atoms with Crippen molar-refractivity contribution in [2.75, 3.05) is 6.54 Å². The van der Waals surface area contributed by atoms with E-state index in [0.29, 0.717) is 6.04 Å². The number of thiophene rings is 1. The summed E-state index contributed by atoms with van der Waals surface area (Å²) >= 11 is 8.89. The van der Waals surface area contributed by atoms with Gasteiger partial charge in [0, 0.05) is 40.8 Å². The van der Waals surface area contributed by atoms with E-state index >= 15 is 0 Å². The Kier molecular flexibility index (Phi) is 5.62. The fourth-order valence-corrected chi connectivity index (χ4v) is 4.22. The summed E-state index contributed by atoms with van der Waals surface area (Å²) in [5, 5.41) is 3.54. The number of imidazole rings is 1. The highest BCUT2D eigenvalue weighted by molar-refractivity contribution is 9.13. The van der Waals surface area contributed by atoms with Crippen molar-refractivity contribution in [1.29, 1.82) is 0 Å². The third-order valence-electron chi connectivity index (χ3n) is 2.99. The predicted octanol–water partition coefficient (Wildman–Crippen LogP) is 4.38. The number of aromatic nitrogens is 2. The van der Waals surface area contributed by atoms with E-state index in [1.807, 2.05) is 12.4 Å². The Hall–Kier alpha value is -0.170. The molecule has 0 bridgehead atoms. The third-order valence-corrected chi connectivity index (χ3v) is 6.36.